The van der Waals surface area contributed by atoms with E-state index in [-0.39, 0.29) is 17.9 Å². The van der Waals surface area contributed by atoms with Gasteiger partial charge in [0.2, 0.25) is 0 Å². The minimum absolute atomic E-state index is 0.00725. The average Bonchev–Trinajstić information content (AvgIpc) is 3.05. The summed E-state index contributed by atoms with van der Waals surface area (Å²) in [6.07, 6.45) is 14.8. The van der Waals surface area contributed by atoms with E-state index in [0.717, 1.165) is 56.9 Å². The van der Waals surface area contributed by atoms with Gasteiger partial charge in [0.1, 0.15) is 6.10 Å². The molecule has 0 aromatic heterocycles. The van der Waals surface area contributed by atoms with Gasteiger partial charge in [-0.1, -0.05) is 40.0 Å². The van der Waals surface area contributed by atoms with Gasteiger partial charge in [0.15, 0.2) is 0 Å². The third-order valence-electron chi connectivity index (χ3n) is 10.8. The molecule has 5 heteroatoms. The molecule has 1 aliphatic heterocycles. The van der Waals surface area contributed by atoms with Crippen molar-refractivity contribution in [3.05, 3.63) is 0 Å². The SMILES string of the molecule is CCCCC(O)C(=O)N1CCCCC2C1CCC1C3(C)CCC(OCCCO)CC3CCC21C. The summed E-state index contributed by atoms with van der Waals surface area (Å²) in [6.45, 7) is 9.00. The van der Waals surface area contributed by atoms with Gasteiger partial charge in [0.05, 0.1) is 6.10 Å². The third-order valence-corrected chi connectivity index (χ3v) is 10.8. The second-order valence-electron chi connectivity index (χ2n) is 12.6. The lowest BCUT2D eigenvalue weighted by Gasteiger charge is -2.65. The number of likely N-dealkylation sites (tertiary alicyclic amines) is 1. The number of aliphatic hydroxyl groups is 2. The standard InChI is InChI=1S/C29H51NO4/c1-4-5-10-25(32)27(33)30-17-7-6-9-23-24(30)11-12-26-28(2)16-14-22(34-19-8-18-31)20-21(28)13-15-29(23,26)3/h21-26,31-32H,4-20H2,1-3H3. The monoisotopic (exact) mass is 477 g/mol. The fourth-order valence-corrected chi connectivity index (χ4v) is 8.94. The molecule has 8 unspecified atom stereocenters. The van der Waals surface area contributed by atoms with Crippen LogP contribution in [0.25, 0.3) is 0 Å². The van der Waals surface area contributed by atoms with Crippen molar-refractivity contribution in [1.82, 2.24) is 4.90 Å². The number of amides is 1. The Morgan fingerprint density at radius 1 is 1.06 bits per heavy atom. The zero-order valence-electron chi connectivity index (χ0n) is 22.1. The molecule has 8 atom stereocenters. The van der Waals surface area contributed by atoms with E-state index in [4.69, 9.17) is 9.84 Å². The molecule has 0 spiro atoms. The molecular formula is C29H51NO4. The Hall–Kier alpha value is -0.650. The zero-order chi connectivity index (χ0) is 24.3. The summed E-state index contributed by atoms with van der Waals surface area (Å²) in [7, 11) is 0. The van der Waals surface area contributed by atoms with Gasteiger partial charge < -0.3 is 19.8 Å². The normalized spacial score (nSPS) is 41.1. The number of unbranched alkanes of at least 4 members (excludes halogenated alkanes) is 1. The van der Waals surface area contributed by atoms with E-state index in [1.807, 2.05) is 0 Å². The Balaban J connectivity index is 1.49. The van der Waals surface area contributed by atoms with Crippen LogP contribution in [0.3, 0.4) is 0 Å². The molecule has 0 radical (unpaired) electrons. The molecular weight excluding hydrogens is 426 g/mol. The molecule has 0 aromatic carbocycles. The Kier molecular flexibility index (Phi) is 8.68. The summed E-state index contributed by atoms with van der Waals surface area (Å²) >= 11 is 0. The van der Waals surface area contributed by atoms with E-state index in [0.29, 0.717) is 36.5 Å². The molecule has 5 nitrogen and oxygen atoms in total. The molecule has 4 rings (SSSR count). The molecule has 0 aromatic rings. The maximum absolute atomic E-state index is 13.4. The molecule has 4 fully saturated rings. The molecule has 1 amide bonds. The summed E-state index contributed by atoms with van der Waals surface area (Å²) in [5.41, 5.74) is 0.659. The number of nitrogens with zero attached hydrogens (tertiary/aromatic N) is 1. The van der Waals surface area contributed by atoms with E-state index < -0.39 is 6.10 Å². The predicted molar refractivity (Wildman–Crippen MR) is 135 cm³/mol. The summed E-state index contributed by atoms with van der Waals surface area (Å²) in [5.74, 6) is 2.02. The fourth-order valence-electron chi connectivity index (χ4n) is 8.94. The van der Waals surface area contributed by atoms with Crippen LogP contribution in [0.2, 0.25) is 0 Å². The van der Waals surface area contributed by atoms with Crippen LogP contribution in [-0.2, 0) is 9.53 Å². The Morgan fingerprint density at radius 3 is 2.62 bits per heavy atom. The van der Waals surface area contributed by atoms with Crippen molar-refractivity contribution in [2.24, 2.45) is 28.6 Å². The number of fused-ring (bicyclic) bond motifs is 5. The van der Waals surface area contributed by atoms with E-state index in [1.165, 1.54) is 44.9 Å². The van der Waals surface area contributed by atoms with Crippen molar-refractivity contribution in [3.63, 3.8) is 0 Å². The van der Waals surface area contributed by atoms with Crippen molar-refractivity contribution >= 4 is 5.91 Å². The highest BCUT2D eigenvalue weighted by atomic mass is 16.5. The van der Waals surface area contributed by atoms with Gasteiger partial charge in [0.25, 0.3) is 5.91 Å². The van der Waals surface area contributed by atoms with Crippen LogP contribution in [0.4, 0.5) is 0 Å². The van der Waals surface area contributed by atoms with Crippen LogP contribution in [0, 0.1) is 28.6 Å². The minimum atomic E-state index is -0.821. The summed E-state index contributed by atoms with van der Waals surface area (Å²) in [6, 6.07) is 0.311. The van der Waals surface area contributed by atoms with E-state index in [9.17, 15) is 9.90 Å². The molecule has 3 saturated carbocycles. The molecule has 2 N–H and O–H groups in total. The van der Waals surface area contributed by atoms with Crippen molar-refractivity contribution in [2.45, 2.75) is 129 Å². The van der Waals surface area contributed by atoms with Gasteiger partial charge in [0, 0.05) is 25.8 Å². The van der Waals surface area contributed by atoms with Crippen molar-refractivity contribution in [2.75, 3.05) is 19.8 Å². The van der Waals surface area contributed by atoms with Crippen LogP contribution in [0.5, 0.6) is 0 Å². The van der Waals surface area contributed by atoms with Gasteiger partial charge >= 0.3 is 0 Å². The van der Waals surface area contributed by atoms with Crippen LogP contribution in [0.1, 0.15) is 111 Å². The highest BCUT2D eigenvalue weighted by molar-refractivity contribution is 5.81. The molecule has 4 aliphatic rings. The van der Waals surface area contributed by atoms with Gasteiger partial charge in [-0.2, -0.15) is 0 Å². The Labute approximate surface area is 208 Å². The van der Waals surface area contributed by atoms with Crippen molar-refractivity contribution < 1.29 is 19.7 Å². The van der Waals surface area contributed by atoms with E-state index >= 15 is 0 Å². The van der Waals surface area contributed by atoms with E-state index in [1.54, 1.807) is 0 Å². The van der Waals surface area contributed by atoms with Crippen LogP contribution >= 0.6 is 0 Å². The van der Waals surface area contributed by atoms with Gasteiger partial charge in [-0.05, 0) is 99.2 Å². The van der Waals surface area contributed by atoms with Gasteiger partial charge in [-0.3, -0.25) is 4.79 Å². The maximum atomic E-state index is 13.4. The Morgan fingerprint density at radius 2 is 1.85 bits per heavy atom. The fraction of sp³-hybridized carbons (Fsp3) is 0.966. The smallest absolute Gasteiger partial charge is 0.251 e. The molecule has 1 saturated heterocycles. The van der Waals surface area contributed by atoms with Crippen LogP contribution in [0.15, 0.2) is 0 Å². The number of carbonyl (C=O) groups excluding carboxylic acids is 1. The van der Waals surface area contributed by atoms with Gasteiger partial charge in [-0.15, -0.1) is 0 Å². The molecule has 34 heavy (non-hydrogen) atoms. The predicted octanol–water partition coefficient (Wildman–Crippen LogP) is 5.32. The number of hydrogen-bond donors (Lipinski definition) is 2. The highest BCUT2D eigenvalue weighted by Gasteiger charge is 2.61. The quantitative estimate of drug-likeness (QED) is 0.464. The lowest BCUT2D eigenvalue weighted by atomic mass is 9.42. The molecule has 0 bridgehead atoms. The first-order valence-corrected chi connectivity index (χ1v) is 14.6. The summed E-state index contributed by atoms with van der Waals surface area (Å²) in [4.78, 5) is 15.5. The largest absolute Gasteiger partial charge is 0.396 e. The zero-order valence-corrected chi connectivity index (χ0v) is 22.1. The summed E-state index contributed by atoms with van der Waals surface area (Å²) in [5, 5.41) is 19.8. The van der Waals surface area contributed by atoms with Crippen LogP contribution in [-0.4, -0.2) is 59.0 Å². The number of hydrogen-bond acceptors (Lipinski definition) is 4. The topological polar surface area (TPSA) is 70.0 Å². The second-order valence-corrected chi connectivity index (χ2v) is 12.6. The molecule has 196 valence electrons. The summed E-state index contributed by atoms with van der Waals surface area (Å²) < 4.78 is 6.14. The minimum Gasteiger partial charge on any atom is -0.396 e. The number of aliphatic hydroxyl groups excluding tert-OH is 2. The lowest BCUT2D eigenvalue weighted by molar-refractivity contribution is -0.173. The first-order valence-electron chi connectivity index (χ1n) is 14.6. The number of rotatable bonds is 8. The highest BCUT2D eigenvalue weighted by Crippen LogP contribution is 2.66. The third kappa shape index (κ3) is 4.95. The molecule has 1 heterocycles. The average molecular weight is 478 g/mol. The van der Waals surface area contributed by atoms with E-state index in [2.05, 4.69) is 25.7 Å². The first kappa shape index (κ1) is 26.4. The first-order chi connectivity index (χ1) is 16.3. The molecule has 3 aliphatic carbocycles. The maximum Gasteiger partial charge on any atom is 0.251 e. The van der Waals surface area contributed by atoms with Crippen molar-refractivity contribution in [3.8, 4) is 0 Å². The van der Waals surface area contributed by atoms with Crippen LogP contribution < -0.4 is 0 Å². The number of carbonyl (C=O) groups is 1. The van der Waals surface area contributed by atoms with Gasteiger partial charge in [-0.25, -0.2) is 0 Å². The lowest BCUT2D eigenvalue weighted by Crippen LogP contribution is -2.61. The number of ether oxygens (including phenoxy) is 1. The Bertz CT molecular complexity index is 685. The van der Waals surface area contributed by atoms with Crippen molar-refractivity contribution in [1.29, 1.82) is 0 Å². The second kappa shape index (κ2) is 11.2.